The van der Waals surface area contributed by atoms with Crippen LogP contribution in [-0.4, -0.2) is 23.7 Å². The molecule has 1 amide bonds. The van der Waals surface area contributed by atoms with Crippen molar-refractivity contribution >= 4 is 16.9 Å². The van der Waals surface area contributed by atoms with Crippen molar-refractivity contribution in [1.82, 2.24) is 5.32 Å². The summed E-state index contributed by atoms with van der Waals surface area (Å²) in [4.78, 5) is 24.4. The van der Waals surface area contributed by atoms with Crippen molar-refractivity contribution in [1.29, 1.82) is 0 Å². The Bertz CT molecular complexity index is 795. The number of aliphatic hydroxyl groups excluding tert-OH is 1. The van der Waals surface area contributed by atoms with Crippen molar-refractivity contribution in [2.45, 2.75) is 38.1 Å². The summed E-state index contributed by atoms with van der Waals surface area (Å²) in [6.45, 7) is -0.153. The molecule has 5 nitrogen and oxygen atoms in total. The van der Waals surface area contributed by atoms with Gasteiger partial charge in [-0.2, -0.15) is 0 Å². The van der Waals surface area contributed by atoms with Crippen LogP contribution < -0.4 is 10.7 Å². The van der Waals surface area contributed by atoms with E-state index in [2.05, 4.69) is 5.32 Å². The molecule has 1 unspecified atom stereocenters. The van der Waals surface area contributed by atoms with E-state index in [0.29, 0.717) is 0 Å². The zero-order valence-electron chi connectivity index (χ0n) is 13.3. The molecule has 0 bridgehead atoms. The van der Waals surface area contributed by atoms with E-state index >= 15 is 0 Å². The standard InChI is InChI=1S/C18H20FNO4/c19-12-6-7-16-13(8-12)15(22)9-17(24-16)18(23)20-14(10-21)11-4-2-1-3-5-11/h6-9,11,14,21H,1-5,10H2,(H,20,23). The van der Waals surface area contributed by atoms with E-state index in [1.165, 1.54) is 18.6 Å². The SMILES string of the molecule is O=C(NC(CO)C1CCCCC1)c1cc(=O)c2cc(F)ccc2o1. The maximum atomic E-state index is 13.2. The van der Waals surface area contributed by atoms with Gasteiger partial charge in [-0.3, -0.25) is 9.59 Å². The highest BCUT2D eigenvalue weighted by atomic mass is 19.1. The fraction of sp³-hybridized carbons (Fsp3) is 0.444. The molecule has 0 aliphatic heterocycles. The monoisotopic (exact) mass is 333 g/mol. The van der Waals surface area contributed by atoms with Crippen molar-refractivity contribution < 1.29 is 18.7 Å². The topological polar surface area (TPSA) is 79.5 Å². The molecular formula is C18H20FNO4. The van der Waals surface area contributed by atoms with Crippen LogP contribution in [0.4, 0.5) is 4.39 Å². The molecule has 1 aromatic carbocycles. The van der Waals surface area contributed by atoms with Gasteiger partial charge in [0.2, 0.25) is 0 Å². The fourth-order valence-electron chi connectivity index (χ4n) is 3.33. The van der Waals surface area contributed by atoms with Crippen LogP contribution in [0.1, 0.15) is 42.7 Å². The van der Waals surface area contributed by atoms with Crippen LogP contribution in [-0.2, 0) is 0 Å². The lowest BCUT2D eigenvalue weighted by atomic mass is 9.84. The second kappa shape index (κ2) is 7.13. The number of benzene rings is 1. The summed E-state index contributed by atoms with van der Waals surface area (Å²) in [5.74, 6) is -0.977. The number of rotatable bonds is 4. The highest BCUT2D eigenvalue weighted by Gasteiger charge is 2.25. The average molecular weight is 333 g/mol. The number of hydrogen-bond acceptors (Lipinski definition) is 4. The van der Waals surface area contributed by atoms with E-state index in [1.807, 2.05) is 0 Å². The number of hydrogen-bond donors (Lipinski definition) is 2. The zero-order valence-corrected chi connectivity index (χ0v) is 13.3. The lowest BCUT2D eigenvalue weighted by Gasteiger charge is -2.29. The quantitative estimate of drug-likeness (QED) is 0.901. The Hall–Kier alpha value is -2.21. The maximum Gasteiger partial charge on any atom is 0.287 e. The molecule has 2 N–H and O–H groups in total. The molecule has 0 spiro atoms. The Labute approximate surface area is 138 Å². The van der Waals surface area contributed by atoms with Gasteiger partial charge >= 0.3 is 0 Å². The minimum Gasteiger partial charge on any atom is -0.451 e. The van der Waals surface area contributed by atoms with Crippen LogP contribution in [0.3, 0.4) is 0 Å². The molecule has 1 aliphatic carbocycles. The first kappa shape index (κ1) is 16.6. The lowest BCUT2D eigenvalue weighted by Crippen LogP contribution is -2.43. The van der Waals surface area contributed by atoms with Crippen LogP contribution in [0, 0.1) is 11.7 Å². The van der Waals surface area contributed by atoms with E-state index in [1.54, 1.807) is 0 Å². The normalized spacial score (nSPS) is 16.9. The minimum atomic E-state index is -0.539. The van der Waals surface area contributed by atoms with Gasteiger partial charge in [-0.15, -0.1) is 0 Å². The molecule has 3 rings (SSSR count). The first-order valence-electron chi connectivity index (χ1n) is 8.23. The van der Waals surface area contributed by atoms with Gasteiger partial charge < -0.3 is 14.8 Å². The largest absolute Gasteiger partial charge is 0.451 e. The lowest BCUT2D eigenvalue weighted by molar-refractivity contribution is 0.0844. The van der Waals surface area contributed by atoms with Crippen molar-refractivity contribution in [2.24, 2.45) is 5.92 Å². The molecule has 1 heterocycles. The summed E-state index contributed by atoms with van der Waals surface area (Å²) in [5.41, 5.74) is -0.314. The first-order chi connectivity index (χ1) is 11.6. The van der Waals surface area contributed by atoms with Crippen molar-refractivity contribution in [2.75, 3.05) is 6.61 Å². The van der Waals surface area contributed by atoms with Crippen LogP contribution >= 0.6 is 0 Å². The molecule has 1 saturated carbocycles. The number of carbonyl (C=O) groups is 1. The van der Waals surface area contributed by atoms with E-state index < -0.39 is 17.2 Å². The molecule has 1 aliphatic rings. The van der Waals surface area contributed by atoms with Crippen molar-refractivity contribution in [3.05, 3.63) is 46.1 Å². The third-order valence-corrected chi connectivity index (χ3v) is 4.65. The molecule has 1 fully saturated rings. The number of fused-ring (bicyclic) bond motifs is 1. The fourth-order valence-corrected chi connectivity index (χ4v) is 3.33. The smallest absolute Gasteiger partial charge is 0.287 e. The Morgan fingerprint density at radius 3 is 2.75 bits per heavy atom. The summed E-state index contributed by atoms with van der Waals surface area (Å²) in [6.07, 6.45) is 5.29. The van der Waals surface area contributed by atoms with Gasteiger partial charge in [0, 0.05) is 6.07 Å². The Morgan fingerprint density at radius 2 is 2.04 bits per heavy atom. The summed E-state index contributed by atoms with van der Waals surface area (Å²) in [7, 11) is 0. The first-order valence-corrected chi connectivity index (χ1v) is 8.23. The van der Waals surface area contributed by atoms with Gasteiger partial charge in [-0.25, -0.2) is 4.39 Å². The second-order valence-corrected chi connectivity index (χ2v) is 6.28. The van der Waals surface area contributed by atoms with Gasteiger partial charge in [0.15, 0.2) is 11.2 Å². The highest BCUT2D eigenvalue weighted by molar-refractivity contribution is 5.93. The van der Waals surface area contributed by atoms with Crippen LogP contribution in [0.25, 0.3) is 11.0 Å². The molecule has 128 valence electrons. The molecule has 1 aromatic heterocycles. The van der Waals surface area contributed by atoms with Crippen LogP contribution in [0.2, 0.25) is 0 Å². The number of amides is 1. The molecule has 2 aromatic rings. The van der Waals surface area contributed by atoms with Crippen LogP contribution in [0.5, 0.6) is 0 Å². The summed E-state index contributed by atoms with van der Waals surface area (Å²) in [6, 6.07) is 4.29. The third-order valence-electron chi connectivity index (χ3n) is 4.65. The van der Waals surface area contributed by atoms with Gasteiger partial charge in [-0.1, -0.05) is 19.3 Å². The van der Waals surface area contributed by atoms with Gasteiger partial charge in [0.25, 0.3) is 5.91 Å². The van der Waals surface area contributed by atoms with E-state index in [4.69, 9.17) is 4.42 Å². The Balaban J connectivity index is 1.82. The zero-order chi connectivity index (χ0) is 17.1. The molecule has 0 saturated heterocycles. The summed E-state index contributed by atoms with van der Waals surface area (Å²) < 4.78 is 18.6. The number of halogens is 1. The van der Waals surface area contributed by atoms with E-state index in [9.17, 15) is 19.1 Å². The maximum absolute atomic E-state index is 13.2. The van der Waals surface area contributed by atoms with E-state index in [-0.39, 0.29) is 35.3 Å². The van der Waals surface area contributed by atoms with E-state index in [0.717, 1.165) is 37.8 Å². The van der Waals surface area contributed by atoms with Gasteiger partial charge in [0.05, 0.1) is 18.0 Å². The number of carbonyl (C=O) groups excluding carboxylic acids is 1. The predicted molar refractivity (Wildman–Crippen MR) is 87.4 cm³/mol. The molecule has 24 heavy (non-hydrogen) atoms. The number of aliphatic hydroxyl groups is 1. The summed E-state index contributed by atoms with van der Waals surface area (Å²) >= 11 is 0. The molecule has 6 heteroatoms. The summed E-state index contributed by atoms with van der Waals surface area (Å²) in [5, 5.41) is 12.4. The minimum absolute atomic E-state index is 0.0949. The van der Waals surface area contributed by atoms with Crippen molar-refractivity contribution in [3.63, 3.8) is 0 Å². The molecular weight excluding hydrogens is 313 g/mol. The third kappa shape index (κ3) is 3.48. The van der Waals surface area contributed by atoms with Gasteiger partial charge in [-0.05, 0) is 37.0 Å². The van der Waals surface area contributed by atoms with Crippen LogP contribution in [0.15, 0.2) is 33.5 Å². The number of nitrogens with one attached hydrogen (secondary N) is 1. The highest BCUT2D eigenvalue weighted by Crippen LogP contribution is 2.26. The molecule has 1 atom stereocenters. The van der Waals surface area contributed by atoms with Crippen molar-refractivity contribution in [3.8, 4) is 0 Å². The van der Waals surface area contributed by atoms with Gasteiger partial charge in [0.1, 0.15) is 11.4 Å². The predicted octanol–water partition coefficient (Wildman–Crippen LogP) is 2.60. The molecule has 0 radical (unpaired) electrons. The Kier molecular flexibility index (Phi) is 4.94. The second-order valence-electron chi connectivity index (χ2n) is 6.28. The Morgan fingerprint density at radius 1 is 1.29 bits per heavy atom. The average Bonchev–Trinajstić information content (AvgIpc) is 2.60.